The number of ether oxygens (including phenoxy) is 2. The molecule has 0 spiro atoms. The topological polar surface area (TPSA) is 98.8 Å². The first-order valence-corrected chi connectivity index (χ1v) is 8.79. The monoisotopic (exact) mass is 364 g/mol. The number of rotatable bonds is 5. The van der Waals surface area contributed by atoms with E-state index < -0.39 is 0 Å². The largest absolute Gasteiger partial charge is 0.462 e. The summed E-state index contributed by atoms with van der Waals surface area (Å²) in [7, 11) is 0. The van der Waals surface area contributed by atoms with E-state index in [9.17, 15) is 9.59 Å². The molecule has 25 heavy (non-hydrogen) atoms. The van der Waals surface area contributed by atoms with E-state index in [4.69, 9.17) is 15.3 Å². The molecule has 3 N–H and O–H groups in total. The Morgan fingerprint density at radius 3 is 2.64 bits per heavy atom. The van der Waals surface area contributed by atoms with Crippen LogP contribution in [0, 0.1) is 0 Å². The molecule has 134 valence electrons. The van der Waals surface area contributed by atoms with Crippen LogP contribution in [0.25, 0.3) is 0 Å². The number of anilines is 3. The molecule has 1 fully saturated rings. The van der Waals surface area contributed by atoms with Gasteiger partial charge in [0.25, 0.3) is 0 Å². The summed E-state index contributed by atoms with van der Waals surface area (Å²) in [4.78, 5) is 25.5. The fourth-order valence-electron chi connectivity index (χ4n) is 2.51. The van der Waals surface area contributed by atoms with Gasteiger partial charge in [0.1, 0.15) is 5.00 Å². The minimum absolute atomic E-state index is 0.243. The molecule has 0 amide bonds. The number of nitrogens with two attached hydrogens (primary N) is 1. The molecule has 1 aromatic carbocycles. The number of nitrogen functional groups attached to an aromatic ring is 1. The molecular weight excluding hydrogens is 344 g/mol. The third kappa shape index (κ3) is 3.77. The van der Waals surface area contributed by atoms with Gasteiger partial charge in [-0.05, 0) is 31.2 Å². The number of nitrogens with zero attached hydrogens (tertiary/aromatic N) is 2. The number of aromatic nitrogens is 1. The molecule has 8 nitrogen and oxygen atoms in total. The second kappa shape index (κ2) is 7.58. The van der Waals surface area contributed by atoms with Crippen LogP contribution in [0.3, 0.4) is 0 Å². The predicted octanol–water partition coefficient (Wildman–Crippen LogP) is 1.38. The number of thiazole rings is 1. The molecule has 1 saturated heterocycles. The Morgan fingerprint density at radius 1 is 1.32 bits per heavy atom. The molecule has 3 rings (SSSR count). The maximum absolute atomic E-state index is 12.0. The highest BCUT2D eigenvalue weighted by Gasteiger charge is 2.21. The van der Waals surface area contributed by atoms with Crippen LogP contribution in [-0.4, -0.2) is 43.6 Å². The van der Waals surface area contributed by atoms with Crippen LogP contribution >= 0.6 is 11.3 Å². The summed E-state index contributed by atoms with van der Waals surface area (Å²) >= 11 is 1.10. The zero-order valence-corrected chi connectivity index (χ0v) is 14.7. The van der Waals surface area contributed by atoms with Gasteiger partial charge in [-0.15, -0.1) is 0 Å². The normalized spacial score (nSPS) is 14.4. The summed E-state index contributed by atoms with van der Waals surface area (Å²) in [5, 5.41) is 3.95. The van der Waals surface area contributed by atoms with E-state index in [-0.39, 0.29) is 10.8 Å². The Hall–Kier alpha value is -2.52. The maximum atomic E-state index is 12.0. The summed E-state index contributed by atoms with van der Waals surface area (Å²) in [5.74, 6) is 6.06. The molecule has 9 heteroatoms. The van der Waals surface area contributed by atoms with Crippen LogP contribution in [0.2, 0.25) is 0 Å². The third-order valence-electron chi connectivity index (χ3n) is 3.78. The van der Waals surface area contributed by atoms with E-state index in [1.54, 1.807) is 31.2 Å². The maximum Gasteiger partial charge on any atom is 0.338 e. The second-order valence-corrected chi connectivity index (χ2v) is 6.35. The highest BCUT2D eigenvalue weighted by atomic mass is 32.1. The number of esters is 1. The van der Waals surface area contributed by atoms with E-state index in [0.717, 1.165) is 26.7 Å². The molecule has 0 saturated carbocycles. The van der Waals surface area contributed by atoms with Crippen molar-refractivity contribution >= 4 is 33.8 Å². The molecular formula is C16H20N4O4S. The van der Waals surface area contributed by atoms with Crippen molar-refractivity contribution in [2.45, 2.75) is 6.92 Å². The van der Waals surface area contributed by atoms with Crippen LogP contribution in [0.4, 0.5) is 16.5 Å². The molecule has 0 unspecified atom stereocenters. The third-order valence-corrected chi connectivity index (χ3v) is 4.80. The van der Waals surface area contributed by atoms with Gasteiger partial charge in [-0.2, -0.15) is 4.68 Å². The summed E-state index contributed by atoms with van der Waals surface area (Å²) in [6, 6.07) is 6.83. The first-order chi connectivity index (χ1) is 12.1. The Labute approximate surface area is 148 Å². The van der Waals surface area contributed by atoms with Crippen molar-refractivity contribution in [1.82, 2.24) is 4.68 Å². The van der Waals surface area contributed by atoms with E-state index >= 15 is 0 Å². The van der Waals surface area contributed by atoms with Crippen molar-refractivity contribution in [3.05, 3.63) is 39.5 Å². The van der Waals surface area contributed by atoms with Gasteiger partial charge in [-0.3, -0.25) is 4.79 Å². The number of nitrogens with one attached hydrogen (secondary N) is 1. The van der Waals surface area contributed by atoms with Gasteiger partial charge in [0, 0.05) is 18.8 Å². The lowest BCUT2D eigenvalue weighted by molar-refractivity contribution is 0.0526. The van der Waals surface area contributed by atoms with Gasteiger partial charge < -0.3 is 25.5 Å². The fourth-order valence-corrected chi connectivity index (χ4v) is 3.42. The number of morpholine rings is 1. The molecule has 0 atom stereocenters. The van der Waals surface area contributed by atoms with Crippen LogP contribution in [0.5, 0.6) is 0 Å². The Balaban J connectivity index is 1.82. The van der Waals surface area contributed by atoms with Gasteiger partial charge in [-0.1, -0.05) is 11.3 Å². The van der Waals surface area contributed by atoms with E-state index in [2.05, 4.69) is 10.2 Å². The van der Waals surface area contributed by atoms with Crippen molar-refractivity contribution in [1.29, 1.82) is 0 Å². The molecule has 2 heterocycles. The lowest BCUT2D eigenvalue weighted by atomic mass is 10.2. The first kappa shape index (κ1) is 17.3. The van der Waals surface area contributed by atoms with Gasteiger partial charge in [0.05, 0.1) is 25.4 Å². The first-order valence-electron chi connectivity index (χ1n) is 7.98. The van der Waals surface area contributed by atoms with E-state index in [1.807, 2.05) is 0 Å². The number of hydrogen-bond acceptors (Lipinski definition) is 8. The van der Waals surface area contributed by atoms with Crippen molar-refractivity contribution in [3.63, 3.8) is 0 Å². The minimum atomic E-state index is -0.366. The fraction of sp³-hybridized carbons (Fsp3) is 0.375. The number of hydrogen-bond donors (Lipinski definition) is 2. The van der Waals surface area contributed by atoms with Crippen molar-refractivity contribution in [3.8, 4) is 0 Å². The van der Waals surface area contributed by atoms with Crippen LogP contribution in [-0.2, 0) is 9.47 Å². The Kier molecular flexibility index (Phi) is 5.25. The molecule has 1 aliphatic rings. The second-order valence-electron chi connectivity index (χ2n) is 5.41. The summed E-state index contributed by atoms with van der Waals surface area (Å²) < 4.78 is 11.4. The quantitative estimate of drug-likeness (QED) is 0.611. The lowest BCUT2D eigenvalue weighted by Gasteiger charge is -2.28. The zero-order chi connectivity index (χ0) is 17.8. The van der Waals surface area contributed by atoms with Gasteiger partial charge in [0.2, 0.25) is 0 Å². The molecule has 2 aromatic rings. The summed E-state index contributed by atoms with van der Waals surface area (Å²) in [5.41, 5.74) is 1.19. The van der Waals surface area contributed by atoms with Crippen LogP contribution < -0.4 is 20.9 Å². The van der Waals surface area contributed by atoms with Crippen molar-refractivity contribution < 1.29 is 14.3 Å². The molecule has 0 radical (unpaired) electrons. The molecule has 0 aliphatic carbocycles. The SMILES string of the molecule is CCOC(=O)c1ccc(Nc2c(N3CCOCC3)sc(=O)n2N)cc1. The zero-order valence-electron chi connectivity index (χ0n) is 13.9. The molecule has 1 aromatic heterocycles. The summed E-state index contributed by atoms with van der Waals surface area (Å²) in [6.07, 6.45) is 0. The van der Waals surface area contributed by atoms with E-state index in [0.29, 0.717) is 44.3 Å². The average molecular weight is 364 g/mol. The number of carbonyl (C=O) groups is 1. The van der Waals surface area contributed by atoms with Gasteiger partial charge in [0.15, 0.2) is 5.82 Å². The molecule has 1 aliphatic heterocycles. The highest BCUT2D eigenvalue weighted by molar-refractivity contribution is 7.14. The minimum Gasteiger partial charge on any atom is -0.462 e. The predicted molar refractivity (Wildman–Crippen MR) is 97.4 cm³/mol. The molecule has 0 bridgehead atoms. The lowest BCUT2D eigenvalue weighted by Crippen LogP contribution is -2.36. The Morgan fingerprint density at radius 2 is 2.00 bits per heavy atom. The van der Waals surface area contributed by atoms with Crippen LogP contribution in [0.1, 0.15) is 17.3 Å². The average Bonchev–Trinajstić information content (AvgIpc) is 2.92. The smallest absolute Gasteiger partial charge is 0.338 e. The summed E-state index contributed by atoms with van der Waals surface area (Å²) in [6.45, 7) is 4.73. The van der Waals surface area contributed by atoms with Gasteiger partial charge >= 0.3 is 10.8 Å². The van der Waals surface area contributed by atoms with Crippen molar-refractivity contribution in [2.75, 3.05) is 49.0 Å². The standard InChI is InChI=1S/C16H20N4O4S/c1-2-24-15(21)11-3-5-12(6-4-11)18-13-14(25-16(22)20(13)17)19-7-9-23-10-8-19/h3-6,18H,2,7-10,17H2,1H3. The highest BCUT2D eigenvalue weighted by Crippen LogP contribution is 2.31. The Bertz CT molecular complexity index is 793. The van der Waals surface area contributed by atoms with Crippen LogP contribution in [0.15, 0.2) is 29.1 Å². The number of benzene rings is 1. The van der Waals surface area contributed by atoms with E-state index in [1.165, 1.54) is 0 Å². The van der Waals surface area contributed by atoms with Crippen molar-refractivity contribution in [2.24, 2.45) is 0 Å². The number of carbonyl (C=O) groups excluding carboxylic acids is 1. The van der Waals surface area contributed by atoms with Gasteiger partial charge in [-0.25, -0.2) is 4.79 Å².